The topological polar surface area (TPSA) is 135 Å². The average Bonchev–Trinajstić information content (AvgIpc) is 2.70. The van der Waals surface area contributed by atoms with Gasteiger partial charge in [0.05, 0.1) is 6.54 Å². The molecule has 0 saturated carbocycles. The first-order valence-corrected chi connectivity index (χ1v) is 4.61. The number of rotatable bonds is 5. The van der Waals surface area contributed by atoms with E-state index >= 15 is 0 Å². The van der Waals surface area contributed by atoms with Crippen LogP contribution in [-0.2, 0) is 9.59 Å². The van der Waals surface area contributed by atoms with Crippen molar-refractivity contribution in [2.75, 3.05) is 18.8 Å². The molecule has 8 nitrogen and oxygen atoms in total. The lowest BCUT2D eigenvalue weighted by atomic mass is 10.4. The number of amides is 2. The van der Waals surface area contributed by atoms with E-state index in [-0.39, 0.29) is 18.2 Å². The molecule has 8 heteroatoms. The number of hydrogen-bond acceptors (Lipinski definition) is 5. The predicted molar refractivity (Wildman–Crippen MR) is 56.1 cm³/mol. The van der Waals surface area contributed by atoms with E-state index in [1.54, 1.807) is 0 Å². The van der Waals surface area contributed by atoms with Gasteiger partial charge in [0.2, 0.25) is 5.91 Å². The highest BCUT2D eigenvalue weighted by Gasteiger charge is 2.11. The molecular formula is C9H11N3O5. The monoisotopic (exact) mass is 241 g/mol. The van der Waals surface area contributed by atoms with Crippen LogP contribution in [0.1, 0.15) is 10.6 Å². The normalized spacial score (nSPS) is 9.65. The molecule has 0 aromatic carbocycles. The standard InChI is InChI=1S/C9H11N3O5/c10-6-2-1-5(17-6)9(16)12-3-7(13)11-4-8(14)15/h1-2H,3-4,10H2,(H,11,13)(H,12,16)(H,14,15). The van der Waals surface area contributed by atoms with Gasteiger partial charge in [-0.05, 0) is 6.07 Å². The minimum absolute atomic E-state index is 0.0199. The van der Waals surface area contributed by atoms with Crippen LogP contribution in [0.25, 0.3) is 0 Å². The first-order valence-electron chi connectivity index (χ1n) is 4.61. The molecule has 17 heavy (non-hydrogen) atoms. The lowest BCUT2D eigenvalue weighted by Gasteiger charge is -2.03. The SMILES string of the molecule is Nc1ccc(C(=O)NCC(=O)NCC(=O)O)o1. The Morgan fingerprint density at radius 1 is 1.24 bits per heavy atom. The van der Waals surface area contributed by atoms with Gasteiger partial charge in [-0.3, -0.25) is 14.4 Å². The highest BCUT2D eigenvalue weighted by molar-refractivity contribution is 5.94. The van der Waals surface area contributed by atoms with Crippen molar-refractivity contribution in [3.63, 3.8) is 0 Å². The van der Waals surface area contributed by atoms with Gasteiger partial charge in [-0.2, -0.15) is 0 Å². The molecular weight excluding hydrogens is 230 g/mol. The van der Waals surface area contributed by atoms with Crippen LogP contribution in [0.3, 0.4) is 0 Å². The van der Waals surface area contributed by atoms with Crippen molar-refractivity contribution >= 4 is 23.7 Å². The summed E-state index contributed by atoms with van der Waals surface area (Å²) in [4.78, 5) is 32.5. The second-order valence-electron chi connectivity index (χ2n) is 3.06. The number of nitrogens with two attached hydrogens (primary N) is 1. The number of aliphatic carboxylic acids is 1. The summed E-state index contributed by atoms with van der Waals surface area (Å²) in [6, 6.07) is 2.76. The maximum atomic E-state index is 11.3. The summed E-state index contributed by atoms with van der Waals surface area (Å²) in [5, 5.41) is 12.6. The maximum absolute atomic E-state index is 11.3. The van der Waals surface area contributed by atoms with E-state index in [2.05, 4.69) is 10.6 Å². The quantitative estimate of drug-likeness (QED) is 0.511. The van der Waals surface area contributed by atoms with Crippen LogP contribution in [0, 0.1) is 0 Å². The van der Waals surface area contributed by atoms with Crippen LogP contribution in [0.4, 0.5) is 5.88 Å². The van der Waals surface area contributed by atoms with Crippen LogP contribution < -0.4 is 16.4 Å². The Morgan fingerprint density at radius 2 is 1.94 bits per heavy atom. The molecule has 1 aromatic heterocycles. The number of hydrogen-bond donors (Lipinski definition) is 4. The lowest BCUT2D eigenvalue weighted by molar-refractivity contribution is -0.137. The molecule has 2 amide bonds. The molecule has 1 aromatic rings. The molecule has 0 atom stereocenters. The van der Waals surface area contributed by atoms with Crippen LogP contribution in [-0.4, -0.2) is 36.0 Å². The van der Waals surface area contributed by atoms with E-state index in [0.717, 1.165) is 0 Å². The summed E-state index contributed by atoms with van der Waals surface area (Å²) >= 11 is 0. The van der Waals surface area contributed by atoms with Crippen molar-refractivity contribution in [1.82, 2.24) is 10.6 Å². The van der Waals surface area contributed by atoms with Gasteiger partial charge in [0.25, 0.3) is 5.91 Å². The molecule has 5 N–H and O–H groups in total. The summed E-state index contributed by atoms with van der Waals surface area (Å²) < 4.78 is 4.82. The summed E-state index contributed by atoms with van der Waals surface area (Å²) in [5.41, 5.74) is 5.26. The molecule has 0 spiro atoms. The molecule has 0 unspecified atom stereocenters. The fraction of sp³-hybridized carbons (Fsp3) is 0.222. The van der Waals surface area contributed by atoms with E-state index in [9.17, 15) is 14.4 Å². The zero-order valence-corrected chi connectivity index (χ0v) is 8.73. The molecule has 0 aliphatic heterocycles. The maximum Gasteiger partial charge on any atom is 0.322 e. The lowest BCUT2D eigenvalue weighted by Crippen LogP contribution is -2.38. The fourth-order valence-corrected chi connectivity index (χ4v) is 0.959. The highest BCUT2D eigenvalue weighted by atomic mass is 16.4. The number of carbonyl (C=O) groups excluding carboxylic acids is 2. The van der Waals surface area contributed by atoms with Gasteiger partial charge in [0.15, 0.2) is 11.6 Å². The minimum atomic E-state index is -1.16. The Bertz CT molecular complexity index is 440. The van der Waals surface area contributed by atoms with E-state index in [4.69, 9.17) is 15.3 Å². The second-order valence-corrected chi connectivity index (χ2v) is 3.06. The van der Waals surface area contributed by atoms with Crippen LogP contribution in [0.2, 0.25) is 0 Å². The summed E-state index contributed by atoms with van der Waals surface area (Å²) in [6.07, 6.45) is 0. The zero-order valence-electron chi connectivity index (χ0n) is 8.73. The smallest absolute Gasteiger partial charge is 0.322 e. The molecule has 0 radical (unpaired) electrons. The van der Waals surface area contributed by atoms with Gasteiger partial charge in [-0.15, -0.1) is 0 Å². The Hall–Kier alpha value is -2.51. The third kappa shape index (κ3) is 4.24. The van der Waals surface area contributed by atoms with Gasteiger partial charge in [0.1, 0.15) is 6.54 Å². The number of anilines is 1. The first-order chi connectivity index (χ1) is 7.99. The molecule has 0 fully saturated rings. The molecule has 1 rings (SSSR count). The number of nitrogen functional groups attached to an aromatic ring is 1. The van der Waals surface area contributed by atoms with Gasteiger partial charge >= 0.3 is 5.97 Å². The first kappa shape index (κ1) is 12.6. The number of carboxylic acid groups (broad SMARTS) is 1. The minimum Gasteiger partial charge on any atom is -0.480 e. The molecule has 0 saturated heterocycles. The molecule has 0 bridgehead atoms. The Morgan fingerprint density at radius 3 is 2.47 bits per heavy atom. The van der Waals surface area contributed by atoms with Crippen LogP contribution >= 0.6 is 0 Å². The van der Waals surface area contributed by atoms with E-state index in [1.807, 2.05) is 0 Å². The number of nitrogens with one attached hydrogen (secondary N) is 2. The van der Waals surface area contributed by atoms with Crippen LogP contribution in [0.5, 0.6) is 0 Å². The van der Waals surface area contributed by atoms with Gasteiger partial charge in [0, 0.05) is 6.07 Å². The van der Waals surface area contributed by atoms with Gasteiger partial charge < -0.3 is 25.9 Å². The molecule has 1 heterocycles. The summed E-state index contributed by atoms with van der Waals surface area (Å²) in [6.45, 7) is -0.838. The predicted octanol–water partition coefficient (Wildman–Crippen LogP) is -1.21. The van der Waals surface area contributed by atoms with Crippen molar-refractivity contribution < 1.29 is 23.9 Å². The van der Waals surface area contributed by atoms with E-state index in [1.165, 1.54) is 12.1 Å². The van der Waals surface area contributed by atoms with E-state index in [0.29, 0.717) is 0 Å². The Balaban J connectivity index is 2.33. The second kappa shape index (κ2) is 5.54. The molecule has 92 valence electrons. The van der Waals surface area contributed by atoms with Crippen molar-refractivity contribution in [2.24, 2.45) is 0 Å². The average molecular weight is 241 g/mol. The number of furan rings is 1. The zero-order chi connectivity index (χ0) is 12.8. The van der Waals surface area contributed by atoms with Crippen molar-refractivity contribution in [3.8, 4) is 0 Å². The highest BCUT2D eigenvalue weighted by Crippen LogP contribution is 2.08. The number of carbonyl (C=O) groups is 3. The van der Waals surface area contributed by atoms with Crippen molar-refractivity contribution in [2.45, 2.75) is 0 Å². The molecule has 0 aliphatic carbocycles. The third-order valence-corrected chi connectivity index (χ3v) is 1.70. The molecule has 0 aliphatic rings. The van der Waals surface area contributed by atoms with E-state index < -0.39 is 24.3 Å². The Kier molecular flexibility index (Phi) is 4.09. The Labute approximate surface area is 95.8 Å². The third-order valence-electron chi connectivity index (χ3n) is 1.70. The largest absolute Gasteiger partial charge is 0.480 e. The fourth-order valence-electron chi connectivity index (χ4n) is 0.959. The van der Waals surface area contributed by atoms with Gasteiger partial charge in [-0.25, -0.2) is 0 Å². The summed E-state index contributed by atoms with van der Waals surface area (Å²) in [7, 11) is 0. The van der Waals surface area contributed by atoms with Crippen molar-refractivity contribution in [3.05, 3.63) is 17.9 Å². The van der Waals surface area contributed by atoms with Gasteiger partial charge in [-0.1, -0.05) is 0 Å². The van der Waals surface area contributed by atoms with Crippen molar-refractivity contribution in [1.29, 1.82) is 0 Å². The van der Waals surface area contributed by atoms with Crippen LogP contribution in [0.15, 0.2) is 16.5 Å². The summed E-state index contributed by atoms with van der Waals surface area (Å²) in [5.74, 6) is -2.31. The number of carboxylic acids is 1.